The number of rotatable bonds is 10. The van der Waals surface area contributed by atoms with Gasteiger partial charge in [0, 0.05) is 12.6 Å². The van der Waals surface area contributed by atoms with Crippen molar-refractivity contribution in [3.8, 4) is 0 Å². The normalized spacial score (nSPS) is 22.4. The topological polar surface area (TPSA) is 74.8 Å². The molecule has 8 heteroatoms. The summed E-state index contributed by atoms with van der Waals surface area (Å²) in [7, 11) is -6.91. The lowest BCUT2D eigenvalue weighted by Crippen LogP contribution is -2.42. The molecule has 176 valence electrons. The maximum atomic E-state index is 13.6. The minimum Gasteiger partial charge on any atom is -0.304 e. The van der Waals surface area contributed by atoms with Crippen molar-refractivity contribution in [1.29, 1.82) is 0 Å². The summed E-state index contributed by atoms with van der Waals surface area (Å²) in [5.74, 6) is 0.522. The van der Waals surface area contributed by atoms with Crippen molar-refractivity contribution < 1.29 is 16.8 Å². The standard InChI is InChI=1S/C23H38N2O4S2/c1-3-24(4-2)16-8-17-25(22-15-18-30(26,27)19-22)31(28,29)23-13-11-21(12-14-23)20-9-6-5-7-10-20/h11-14,20,22H,3-10,15-19H2,1-2H3/t22-/m0/s1. The molecule has 0 spiro atoms. The van der Waals surface area contributed by atoms with E-state index in [1.165, 1.54) is 42.0 Å². The second kappa shape index (κ2) is 10.8. The Morgan fingerprint density at radius 1 is 0.935 bits per heavy atom. The third kappa shape index (κ3) is 6.30. The molecule has 3 rings (SSSR count). The molecule has 31 heavy (non-hydrogen) atoms. The molecule has 1 aliphatic heterocycles. The van der Waals surface area contributed by atoms with Gasteiger partial charge in [0.1, 0.15) is 0 Å². The lowest BCUT2D eigenvalue weighted by Gasteiger charge is -2.29. The molecule has 1 saturated heterocycles. The van der Waals surface area contributed by atoms with E-state index in [1.807, 2.05) is 12.1 Å². The zero-order valence-corrected chi connectivity index (χ0v) is 20.6. The van der Waals surface area contributed by atoms with Crippen molar-refractivity contribution in [1.82, 2.24) is 9.21 Å². The molecule has 0 unspecified atom stereocenters. The molecule has 0 amide bonds. The Labute approximate surface area is 189 Å². The second-order valence-electron chi connectivity index (χ2n) is 8.96. The Morgan fingerprint density at radius 2 is 1.58 bits per heavy atom. The van der Waals surface area contributed by atoms with Crippen LogP contribution in [0.1, 0.15) is 70.3 Å². The van der Waals surface area contributed by atoms with Gasteiger partial charge in [-0.25, -0.2) is 16.8 Å². The van der Waals surface area contributed by atoms with Crippen molar-refractivity contribution >= 4 is 19.9 Å². The smallest absolute Gasteiger partial charge is 0.243 e. The van der Waals surface area contributed by atoms with Crippen LogP contribution in [0.15, 0.2) is 29.2 Å². The summed E-state index contributed by atoms with van der Waals surface area (Å²) >= 11 is 0. The lowest BCUT2D eigenvalue weighted by atomic mass is 9.84. The number of sulfonamides is 1. The van der Waals surface area contributed by atoms with E-state index >= 15 is 0 Å². The molecular weight excluding hydrogens is 432 g/mol. The second-order valence-corrected chi connectivity index (χ2v) is 13.1. The molecular formula is C23H38N2O4S2. The van der Waals surface area contributed by atoms with Crippen LogP contribution in [0.3, 0.4) is 0 Å². The summed E-state index contributed by atoms with van der Waals surface area (Å²) in [6, 6.07) is 6.90. The molecule has 1 atom stereocenters. The van der Waals surface area contributed by atoms with E-state index in [-0.39, 0.29) is 16.4 Å². The molecule has 1 aliphatic carbocycles. The van der Waals surface area contributed by atoms with Crippen LogP contribution >= 0.6 is 0 Å². The first kappa shape index (κ1) is 24.7. The summed E-state index contributed by atoms with van der Waals surface area (Å²) < 4.78 is 52.7. The molecule has 0 N–H and O–H groups in total. The monoisotopic (exact) mass is 470 g/mol. The Hall–Kier alpha value is -0.960. The third-order valence-electron chi connectivity index (χ3n) is 6.93. The van der Waals surface area contributed by atoms with Crippen molar-refractivity contribution in [2.75, 3.05) is 37.7 Å². The minimum atomic E-state index is -3.74. The zero-order valence-electron chi connectivity index (χ0n) is 19.0. The van der Waals surface area contributed by atoms with Crippen LogP contribution in [0.4, 0.5) is 0 Å². The summed E-state index contributed by atoms with van der Waals surface area (Å²) in [6.07, 6.45) is 7.18. The van der Waals surface area contributed by atoms with Crippen LogP contribution in [-0.2, 0) is 19.9 Å². The largest absolute Gasteiger partial charge is 0.304 e. The molecule has 1 aromatic rings. The van der Waals surface area contributed by atoms with Gasteiger partial charge in [-0.05, 0) is 68.9 Å². The Balaban J connectivity index is 1.78. The maximum Gasteiger partial charge on any atom is 0.243 e. The van der Waals surface area contributed by atoms with E-state index in [4.69, 9.17) is 0 Å². The van der Waals surface area contributed by atoms with Gasteiger partial charge < -0.3 is 4.90 Å². The number of hydrogen-bond acceptors (Lipinski definition) is 5. The number of hydrogen-bond donors (Lipinski definition) is 0. The van der Waals surface area contributed by atoms with Crippen LogP contribution in [0.25, 0.3) is 0 Å². The van der Waals surface area contributed by atoms with Crippen molar-refractivity contribution in [2.24, 2.45) is 0 Å². The van der Waals surface area contributed by atoms with E-state index in [0.29, 0.717) is 25.3 Å². The van der Waals surface area contributed by atoms with E-state index < -0.39 is 25.9 Å². The van der Waals surface area contributed by atoms with Crippen molar-refractivity contribution in [3.05, 3.63) is 29.8 Å². The molecule has 1 saturated carbocycles. The number of nitrogens with zero attached hydrogens (tertiary/aromatic N) is 2. The first-order chi connectivity index (χ1) is 14.8. The van der Waals surface area contributed by atoms with Gasteiger partial charge in [-0.15, -0.1) is 0 Å². The van der Waals surface area contributed by atoms with E-state index in [0.717, 1.165) is 19.6 Å². The van der Waals surface area contributed by atoms with Crippen molar-refractivity contribution in [3.63, 3.8) is 0 Å². The number of benzene rings is 1. The lowest BCUT2D eigenvalue weighted by molar-refractivity contribution is 0.269. The van der Waals surface area contributed by atoms with E-state index in [9.17, 15) is 16.8 Å². The highest BCUT2D eigenvalue weighted by atomic mass is 32.2. The van der Waals surface area contributed by atoms with Gasteiger partial charge >= 0.3 is 0 Å². The van der Waals surface area contributed by atoms with Crippen LogP contribution in [-0.4, -0.2) is 69.8 Å². The summed E-state index contributed by atoms with van der Waals surface area (Å²) in [5.41, 5.74) is 1.22. The Morgan fingerprint density at radius 3 is 2.13 bits per heavy atom. The fourth-order valence-electron chi connectivity index (χ4n) is 4.97. The van der Waals surface area contributed by atoms with Crippen LogP contribution < -0.4 is 0 Å². The first-order valence-corrected chi connectivity index (χ1v) is 15.1. The highest BCUT2D eigenvalue weighted by Gasteiger charge is 2.38. The molecule has 2 aliphatic rings. The SMILES string of the molecule is CCN(CC)CCCN([C@H]1CCS(=O)(=O)C1)S(=O)(=O)c1ccc(C2CCCCC2)cc1. The highest BCUT2D eigenvalue weighted by molar-refractivity contribution is 7.92. The number of sulfone groups is 1. The third-order valence-corrected chi connectivity index (χ3v) is 10.6. The molecule has 2 fully saturated rings. The molecule has 0 bridgehead atoms. The maximum absolute atomic E-state index is 13.6. The van der Waals surface area contributed by atoms with Gasteiger partial charge in [0.2, 0.25) is 10.0 Å². The summed E-state index contributed by atoms with van der Waals surface area (Å²) in [6.45, 7) is 7.18. The van der Waals surface area contributed by atoms with Crippen LogP contribution in [0, 0.1) is 0 Å². The van der Waals surface area contributed by atoms with Crippen LogP contribution in [0.5, 0.6) is 0 Å². The van der Waals surface area contributed by atoms with Gasteiger partial charge in [0.15, 0.2) is 9.84 Å². The fraction of sp³-hybridized carbons (Fsp3) is 0.739. The zero-order chi connectivity index (χ0) is 22.5. The molecule has 6 nitrogen and oxygen atoms in total. The van der Waals surface area contributed by atoms with Gasteiger partial charge in [-0.2, -0.15) is 4.31 Å². The van der Waals surface area contributed by atoms with Crippen LogP contribution in [0.2, 0.25) is 0 Å². The van der Waals surface area contributed by atoms with E-state index in [1.54, 1.807) is 12.1 Å². The molecule has 1 heterocycles. The van der Waals surface area contributed by atoms with Gasteiger partial charge in [-0.1, -0.05) is 45.2 Å². The van der Waals surface area contributed by atoms with Crippen molar-refractivity contribution in [2.45, 2.75) is 75.6 Å². The molecule has 0 aromatic heterocycles. The predicted octanol–water partition coefficient (Wildman–Crippen LogP) is 3.64. The van der Waals surface area contributed by atoms with Gasteiger partial charge in [0.05, 0.1) is 16.4 Å². The Bertz CT molecular complexity index is 903. The average molecular weight is 471 g/mol. The quantitative estimate of drug-likeness (QED) is 0.522. The van der Waals surface area contributed by atoms with E-state index in [2.05, 4.69) is 18.7 Å². The Kier molecular flexibility index (Phi) is 8.57. The predicted molar refractivity (Wildman–Crippen MR) is 126 cm³/mol. The molecule has 1 aromatic carbocycles. The summed E-state index contributed by atoms with van der Waals surface area (Å²) in [4.78, 5) is 2.54. The van der Waals surface area contributed by atoms with Gasteiger partial charge in [-0.3, -0.25) is 0 Å². The highest BCUT2D eigenvalue weighted by Crippen LogP contribution is 2.33. The minimum absolute atomic E-state index is 0.0698. The molecule has 0 radical (unpaired) electrons. The van der Waals surface area contributed by atoms with Gasteiger partial charge in [0.25, 0.3) is 0 Å². The average Bonchev–Trinajstić information content (AvgIpc) is 3.13. The fourth-order valence-corrected chi connectivity index (χ4v) is 8.49. The first-order valence-electron chi connectivity index (χ1n) is 11.8. The summed E-state index contributed by atoms with van der Waals surface area (Å²) in [5, 5.41) is 0.